The molecule has 0 spiro atoms. The number of aliphatic hydroxyl groups excluding tert-OH is 1. The van der Waals surface area contributed by atoms with Crippen molar-refractivity contribution in [2.45, 2.75) is 12.8 Å². The topological polar surface area (TPSA) is 79.5 Å². The first-order valence-corrected chi connectivity index (χ1v) is 5.82. The standard InChI is InChI=1S/C12H17N3O2/c13-11-7-14-4-1-10(11)12(17)15-5-2-9(8-15)3-6-16/h1,4,7,9,16H,2-3,5-6,8,13H2. The largest absolute Gasteiger partial charge is 0.397 e. The van der Waals surface area contributed by atoms with Crippen molar-refractivity contribution in [2.24, 2.45) is 5.92 Å². The average Bonchev–Trinajstić information content (AvgIpc) is 2.78. The second-order valence-electron chi connectivity index (χ2n) is 4.38. The molecule has 5 nitrogen and oxygen atoms in total. The Hall–Kier alpha value is -1.62. The van der Waals surface area contributed by atoms with Crippen LogP contribution in [-0.2, 0) is 0 Å². The van der Waals surface area contributed by atoms with Crippen molar-refractivity contribution in [1.82, 2.24) is 9.88 Å². The molecule has 1 aromatic rings. The maximum absolute atomic E-state index is 12.2. The summed E-state index contributed by atoms with van der Waals surface area (Å²) in [6.07, 6.45) is 4.78. The molecule has 1 aromatic heterocycles. The van der Waals surface area contributed by atoms with Crippen molar-refractivity contribution in [2.75, 3.05) is 25.4 Å². The number of aliphatic hydroxyl groups is 1. The molecule has 92 valence electrons. The maximum Gasteiger partial charge on any atom is 0.256 e. The second kappa shape index (κ2) is 5.14. The minimum Gasteiger partial charge on any atom is -0.397 e. The van der Waals surface area contributed by atoms with Gasteiger partial charge in [0, 0.05) is 25.9 Å². The highest BCUT2D eigenvalue weighted by Gasteiger charge is 2.27. The number of pyridine rings is 1. The number of rotatable bonds is 3. The molecule has 17 heavy (non-hydrogen) atoms. The van der Waals surface area contributed by atoms with Gasteiger partial charge >= 0.3 is 0 Å². The Labute approximate surface area is 100 Å². The second-order valence-corrected chi connectivity index (χ2v) is 4.38. The van der Waals surface area contributed by atoms with E-state index in [1.54, 1.807) is 17.2 Å². The van der Waals surface area contributed by atoms with Crippen LogP contribution in [0.5, 0.6) is 0 Å². The van der Waals surface area contributed by atoms with Crippen molar-refractivity contribution in [1.29, 1.82) is 0 Å². The molecular formula is C12H17N3O2. The van der Waals surface area contributed by atoms with Gasteiger partial charge in [0.1, 0.15) is 0 Å². The molecule has 1 aliphatic rings. The van der Waals surface area contributed by atoms with Crippen LogP contribution < -0.4 is 5.73 Å². The number of hydrogen-bond donors (Lipinski definition) is 2. The molecule has 0 radical (unpaired) electrons. The highest BCUT2D eigenvalue weighted by Crippen LogP contribution is 2.22. The van der Waals surface area contributed by atoms with Crippen LogP contribution >= 0.6 is 0 Å². The van der Waals surface area contributed by atoms with Crippen LogP contribution in [0.3, 0.4) is 0 Å². The summed E-state index contributed by atoms with van der Waals surface area (Å²) in [5.41, 5.74) is 6.67. The summed E-state index contributed by atoms with van der Waals surface area (Å²) in [4.78, 5) is 17.8. The molecule has 3 N–H and O–H groups in total. The van der Waals surface area contributed by atoms with E-state index in [0.29, 0.717) is 23.7 Å². The number of likely N-dealkylation sites (tertiary alicyclic amines) is 1. The molecule has 0 aromatic carbocycles. The number of carbonyl (C=O) groups is 1. The van der Waals surface area contributed by atoms with Crippen LogP contribution in [0.25, 0.3) is 0 Å². The minimum atomic E-state index is -0.0367. The van der Waals surface area contributed by atoms with Gasteiger partial charge in [0.15, 0.2) is 0 Å². The van der Waals surface area contributed by atoms with Gasteiger partial charge in [-0.3, -0.25) is 9.78 Å². The summed E-state index contributed by atoms with van der Waals surface area (Å²) >= 11 is 0. The Morgan fingerprint density at radius 2 is 2.47 bits per heavy atom. The van der Waals surface area contributed by atoms with E-state index >= 15 is 0 Å². The lowest BCUT2D eigenvalue weighted by molar-refractivity contribution is 0.0785. The Bertz CT molecular complexity index is 408. The molecule has 1 fully saturated rings. The zero-order valence-corrected chi connectivity index (χ0v) is 9.67. The Balaban J connectivity index is 2.05. The molecule has 5 heteroatoms. The van der Waals surface area contributed by atoms with E-state index in [9.17, 15) is 4.79 Å². The summed E-state index contributed by atoms with van der Waals surface area (Å²) in [5.74, 6) is 0.373. The van der Waals surface area contributed by atoms with E-state index in [1.807, 2.05) is 0 Å². The fraction of sp³-hybridized carbons (Fsp3) is 0.500. The van der Waals surface area contributed by atoms with Crippen LogP contribution in [-0.4, -0.2) is 40.6 Å². The van der Waals surface area contributed by atoms with Gasteiger partial charge in [-0.25, -0.2) is 0 Å². The Morgan fingerprint density at radius 3 is 3.18 bits per heavy atom. The first kappa shape index (κ1) is 11.9. The molecule has 0 bridgehead atoms. The summed E-state index contributed by atoms with van der Waals surface area (Å²) in [5, 5.41) is 8.88. The smallest absolute Gasteiger partial charge is 0.256 e. The third kappa shape index (κ3) is 2.55. The highest BCUT2D eigenvalue weighted by atomic mass is 16.3. The number of nitrogens with zero attached hydrogens (tertiary/aromatic N) is 2. The van der Waals surface area contributed by atoms with Crippen LogP contribution in [0, 0.1) is 5.92 Å². The predicted octanol–water partition coefficient (Wildman–Crippen LogP) is 0.508. The van der Waals surface area contributed by atoms with E-state index in [0.717, 1.165) is 19.4 Å². The van der Waals surface area contributed by atoms with Crippen molar-refractivity contribution < 1.29 is 9.90 Å². The van der Waals surface area contributed by atoms with Gasteiger partial charge < -0.3 is 15.7 Å². The molecule has 1 amide bonds. The summed E-state index contributed by atoms with van der Waals surface area (Å²) in [7, 11) is 0. The minimum absolute atomic E-state index is 0.0367. The summed E-state index contributed by atoms with van der Waals surface area (Å²) in [6.45, 7) is 1.64. The lowest BCUT2D eigenvalue weighted by Crippen LogP contribution is -2.29. The van der Waals surface area contributed by atoms with Crippen molar-refractivity contribution >= 4 is 11.6 Å². The van der Waals surface area contributed by atoms with Gasteiger partial charge in [0.05, 0.1) is 17.4 Å². The molecule has 1 atom stereocenters. The number of anilines is 1. The molecule has 0 saturated carbocycles. The molecule has 1 aliphatic heterocycles. The number of nitrogens with two attached hydrogens (primary N) is 1. The van der Waals surface area contributed by atoms with E-state index < -0.39 is 0 Å². The molecule has 2 heterocycles. The lowest BCUT2D eigenvalue weighted by atomic mass is 10.1. The van der Waals surface area contributed by atoms with Gasteiger partial charge in [0.25, 0.3) is 5.91 Å². The normalized spacial score (nSPS) is 19.6. The Kier molecular flexibility index (Phi) is 3.58. The van der Waals surface area contributed by atoms with Crippen molar-refractivity contribution in [3.63, 3.8) is 0 Å². The van der Waals surface area contributed by atoms with Gasteiger partial charge in [-0.1, -0.05) is 0 Å². The van der Waals surface area contributed by atoms with Gasteiger partial charge in [-0.15, -0.1) is 0 Å². The van der Waals surface area contributed by atoms with Crippen LogP contribution in [0.15, 0.2) is 18.5 Å². The third-order valence-electron chi connectivity index (χ3n) is 3.19. The summed E-state index contributed by atoms with van der Waals surface area (Å²) < 4.78 is 0. The fourth-order valence-electron chi connectivity index (χ4n) is 2.21. The summed E-state index contributed by atoms with van der Waals surface area (Å²) in [6, 6.07) is 1.65. The number of hydrogen-bond acceptors (Lipinski definition) is 4. The monoisotopic (exact) mass is 235 g/mol. The maximum atomic E-state index is 12.2. The van der Waals surface area contributed by atoms with Crippen LogP contribution in [0.4, 0.5) is 5.69 Å². The molecule has 2 rings (SSSR count). The first-order chi connectivity index (χ1) is 8.22. The van der Waals surface area contributed by atoms with E-state index in [-0.39, 0.29) is 12.5 Å². The van der Waals surface area contributed by atoms with Gasteiger partial charge in [-0.05, 0) is 24.8 Å². The van der Waals surface area contributed by atoms with E-state index in [2.05, 4.69) is 4.98 Å². The predicted molar refractivity (Wildman–Crippen MR) is 64.4 cm³/mol. The van der Waals surface area contributed by atoms with Gasteiger partial charge in [-0.2, -0.15) is 0 Å². The van der Waals surface area contributed by atoms with Crippen molar-refractivity contribution in [3.05, 3.63) is 24.0 Å². The lowest BCUT2D eigenvalue weighted by Gasteiger charge is -2.17. The molecule has 1 unspecified atom stereocenters. The molecule has 1 saturated heterocycles. The number of amides is 1. The Morgan fingerprint density at radius 1 is 1.65 bits per heavy atom. The average molecular weight is 235 g/mol. The van der Waals surface area contributed by atoms with Crippen LogP contribution in [0.2, 0.25) is 0 Å². The molecular weight excluding hydrogens is 218 g/mol. The van der Waals surface area contributed by atoms with Crippen molar-refractivity contribution in [3.8, 4) is 0 Å². The zero-order valence-electron chi connectivity index (χ0n) is 9.67. The number of carbonyl (C=O) groups excluding carboxylic acids is 1. The first-order valence-electron chi connectivity index (χ1n) is 5.82. The number of aromatic nitrogens is 1. The zero-order chi connectivity index (χ0) is 12.3. The number of nitrogen functional groups attached to an aromatic ring is 1. The SMILES string of the molecule is Nc1cnccc1C(=O)N1CCC(CCO)C1. The van der Waals surface area contributed by atoms with Gasteiger partial charge in [0.2, 0.25) is 0 Å². The third-order valence-corrected chi connectivity index (χ3v) is 3.19. The van der Waals surface area contributed by atoms with E-state index in [1.165, 1.54) is 6.20 Å². The fourth-order valence-corrected chi connectivity index (χ4v) is 2.21. The van der Waals surface area contributed by atoms with Crippen LogP contribution in [0.1, 0.15) is 23.2 Å². The highest BCUT2D eigenvalue weighted by molar-refractivity contribution is 5.98. The molecule has 0 aliphatic carbocycles. The van der Waals surface area contributed by atoms with E-state index in [4.69, 9.17) is 10.8 Å². The quantitative estimate of drug-likeness (QED) is 0.800.